The zero-order chi connectivity index (χ0) is 13.9. The molecule has 0 aromatic heterocycles. The Balaban J connectivity index is 0.000000781. The van der Waals surface area contributed by atoms with E-state index < -0.39 is 20.3 Å². The van der Waals surface area contributed by atoms with Crippen LogP contribution in [0.5, 0.6) is 0 Å². The van der Waals surface area contributed by atoms with E-state index in [1.165, 1.54) is 24.0 Å². The molecule has 0 bridgehead atoms. The smallest absolute Gasteiger partial charge is 0.147 e. The Morgan fingerprint density at radius 1 is 0.609 bits per heavy atom. The maximum absolute atomic E-state index is 2.56. The molecule has 5 rings (SSSR count). The van der Waals surface area contributed by atoms with Crippen molar-refractivity contribution in [1.82, 2.24) is 0 Å². The second kappa shape index (κ2) is 6.36. The first-order chi connectivity index (χ1) is 10.4. The molecule has 0 amide bonds. The molecule has 0 N–H and O–H groups in total. The molecule has 0 unspecified atom stereocenters. The predicted octanol–water partition coefficient (Wildman–Crippen LogP) is 6.03. The van der Waals surface area contributed by atoms with E-state index in [9.17, 15) is 0 Å². The number of benzene rings is 2. The van der Waals surface area contributed by atoms with Crippen molar-refractivity contribution in [1.29, 1.82) is 0 Å². The van der Waals surface area contributed by atoms with Gasteiger partial charge in [0.05, 0.1) is 0 Å². The molecule has 2 aromatic rings. The summed E-state index contributed by atoms with van der Waals surface area (Å²) < 4.78 is 6.83. The molecule has 1 fully saturated rings. The Labute approximate surface area is 154 Å². The van der Waals surface area contributed by atoms with Gasteiger partial charge in [-0.15, -0.1) is 24.8 Å². The number of hydrogen-bond acceptors (Lipinski definition) is 0. The van der Waals surface area contributed by atoms with E-state index in [-0.39, 0.29) is 24.8 Å². The normalized spacial score (nSPS) is 18.8. The summed E-state index contributed by atoms with van der Waals surface area (Å²) in [5.41, 5.74) is 6.11. The molecule has 0 saturated carbocycles. The van der Waals surface area contributed by atoms with Gasteiger partial charge in [0.15, 0.2) is 0 Å². The maximum Gasteiger partial charge on any atom is -0.147 e. The largest absolute Gasteiger partial charge is 0.147 e. The van der Waals surface area contributed by atoms with E-state index in [4.69, 9.17) is 0 Å². The predicted molar refractivity (Wildman–Crippen MR) is 100 cm³/mol. The number of hydrogen-bond donors (Lipinski definition) is 0. The summed E-state index contributed by atoms with van der Waals surface area (Å²) in [7, 11) is 0. The van der Waals surface area contributed by atoms with Gasteiger partial charge in [0.2, 0.25) is 0 Å². The van der Waals surface area contributed by atoms with Crippen LogP contribution < -0.4 is 0 Å². The van der Waals surface area contributed by atoms with Crippen LogP contribution in [0.4, 0.5) is 0 Å². The van der Waals surface area contributed by atoms with Gasteiger partial charge in [0.25, 0.3) is 0 Å². The first-order valence-corrected chi connectivity index (χ1v) is 13.9. The van der Waals surface area contributed by atoms with Crippen molar-refractivity contribution in [2.75, 3.05) is 0 Å². The second-order valence-corrected chi connectivity index (χ2v) is 17.6. The SMILES string of the molecule is C1=[C]([Zr]2([C]3=Cc4ccccc4C3)[CH2][CH2]2)Cc2ccccc21.Cl.Cl. The van der Waals surface area contributed by atoms with E-state index >= 15 is 0 Å². The van der Waals surface area contributed by atoms with E-state index in [1.807, 2.05) is 6.56 Å². The minimum absolute atomic E-state index is 0. The molecular formula is C20H20Cl2Zr. The molecule has 3 heteroatoms. The summed E-state index contributed by atoms with van der Waals surface area (Å²) in [4.78, 5) is 0. The third-order valence-electron chi connectivity index (χ3n) is 5.51. The van der Waals surface area contributed by atoms with E-state index in [0.29, 0.717) is 0 Å². The number of fused-ring (bicyclic) bond motifs is 2. The zero-order valence-electron chi connectivity index (χ0n) is 12.9. The summed E-state index contributed by atoms with van der Waals surface area (Å²) in [5.74, 6) is 0. The van der Waals surface area contributed by atoms with Crippen LogP contribution in [0.1, 0.15) is 22.3 Å². The summed E-state index contributed by atoms with van der Waals surface area (Å²) in [6.07, 6.45) is 7.62. The van der Waals surface area contributed by atoms with Crippen LogP contribution in [0.25, 0.3) is 12.2 Å². The summed E-state index contributed by atoms with van der Waals surface area (Å²) >= 11 is -2.10. The first-order valence-electron chi connectivity index (χ1n) is 7.93. The minimum atomic E-state index is -2.10. The molecule has 1 saturated heterocycles. The van der Waals surface area contributed by atoms with Gasteiger partial charge in [-0.25, -0.2) is 0 Å². The second-order valence-electron chi connectivity index (χ2n) is 6.67. The first kappa shape index (κ1) is 17.2. The maximum atomic E-state index is 2.56. The van der Waals surface area contributed by atoms with Crippen LogP contribution >= 0.6 is 24.8 Å². The Morgan fingerprint density at radius 3 is 1.43 bits per heavy atom. The summed E-state index contributed by atoms with van der Waals surface area (Å²) in [5, 5.41) is 0. The number of rotatable bonds is 2. The molecule has 0 spiro atoms. The van der Waals surface area contributed by atoms with E-state index in [0.717, 1.165) is 0 Å². The fourth-order valence-corrected chi connectivity index (χ4v) is 17.3. The van der Waals surface area contributed by atoms with Crippen molar-refractivity contribution in [2.45, 2.75) is 21.1 Å². The van der Waals surface area contributed by atoms with Crippen LogP contribution in [-0.4, -0.2) is 0 Å². The Kier molecular flexibility index (Phi) is 4.76. The van der Waals surface area contributed by atoms with Gasteiger partial charge in [-0.05, 0) is 0 Å². The number of allylic oxidation sites excluding steroid dienone is 2. The van der Waals surface area contributed by atoms with Gasteiger partial charge in [0, 0.05) is 0 Å². The van der Waals surface area contributed by atoms with Gasteiger partial charge in [0.1, 0.15) is 0 Å². The minimum Gasteiger partial charge on any atom is -0.147 e. The van der Waals surface area contributed by atoms with Gasteiger partial charge < -0.3 is 0 Å². The monoisotopic (exact) mass is 420 g/mol. The van der Waals surface area contributed by atoms with Crippen molar-refractivity contribution in [3.63, 3.8) is 0 Å². The molecule has 118 valence electrons. The molecule has 3 aliphatic rings. The standard InChI is InChI=1S/2C9H7.C2H4.2ClH.Zr/c2*1-2-5-9-7-3-6-8(9)4-1;1-2;;;/h2*1-2,4-6H,7H2;1-2H2;2*1H;. The van der Waals surface area contributed by atoms with Crippen LogP contribution in [0.2, 0.25) is 8.26 Å². The van der Waals surface area contributed by atoms with E-state index in [1.54, 1.807) is 19.4 Å². The average Bonchev–Trinajstić information content (AvgIpc) is 3.03. The molecule has 0 radical (unpaired) electrons. The van der Waals surface area contributed by atoms with Gasteiger partial charge in [-0.1, -0.05) is 0 Å². The topological polar surface area (TPSA) is 0 Å². The molecule has 2 aliphatic carbocycles. The third kappa shape index (κ3) is 2.72. The molecular weight excluding hydrogens is 402 g/mol. The fraction of sp³-hybridized carbons (Fsp3) is 0.200. The average molecular weight is 423 g/mol. The van der Waals surface area contributed by atoms with Crippen molar-refractivity contribution in [2.24, 2.45) is 0 Å². The fourth-order valence-electron chi connectivity index (χ4n) is 4.15. The molecule has 0 nitrogen and oxygen atoms in total. The van der Waals surface area contributed by atoms with E-state index in [2.05, 4.69) is 60.7 Å². The summed E-state index contributed by atoms with van der Waals surface area (Å²) in [6, 6.07) is 18.0. The van der Waals surface area contributed by atoms with Gasteiger partial charge in [-0.2, -0.15) is 0 Å². The Morgan fingerprint density at radius 2 is 1.04 bits per heavy atom. The van der Waals surface area contributed by atoms with Crippen molar-refractivity contribution in [3.8, 4) is 0 Å². The van der Waals surface area contributed by atoms with Crippen molar-refractivity contribution in [3.05, 3.63) is 77.3 Å². The van der Waals surface area contributed by atoms with Crippen LogP contribution in [-0.2, 0) is 33.1 Å². The van der Waals surface area contributed by atoms with Crippen molar-refractivity contribution >= 4 is 37.0 Å². The van der Waals surface area contributed by atoms with Gasteiger partial charge >= 0.3 is 131 Å². The molecule has 1 heterocycles. The quantitative estimate of drug-likeness (QED) is 0.554. The third-order valence-corrected chi connectivity index (χ3v) is 16.8. The Bertz CT molecular complexity index is 750. The van der Waals surface area contributed by atoms with Gasteiger partial charge in [-0.3, -0.25) is 0 Å². The zero-order valence-corrected chi connectivity index (χ0v) is 17.0. The summed E-state index contributed by atoms with van der Waals surface area (Å²) in [6.45, 7) is 0. The van der Waals surface area contributed by atoms with Crippen LogP contribution in [0.3, 0.4) is 0 Å². The van der Waals surface area contributed by atoms with Crippen LogP contribution in [0.15, 0.2) is 55.1 Å². The number of halogens is 2. The van der Waals surface area contributed by atoms with Crippen LogP contribution in [0, 0.1) is 0 Å². The Hall–Kier alpha value is -0.617. The van der Waals surface area contributed by atoms with Crippen molar-refractivity contribution < 1.29 is 20.3 Å². The molecule has 2 aromatic carbocycles. The molecule has 0 atom stereocenters. The molecule has 23 heavy (non-hydrogen) atoms. The molecule has 1 aliphatic heterocycles.